The molecule has 0 saturated carbocycles. The minimum Gasteiger partial charge on any atom is -0.383 e. The number of hydrogen-bond acceptors (Lipinski definition) is 5. The van der Waals surface area contributed by atoms with Gasteiger partial charge in [0.25, 0.3) is 0 Å². The molecule has 0 aliphatic heterocycles. The lowest BCUT2D eigenvalue weighted by atomic mass is 10.2. The second-order valence-electron chi connectivity index (χ2n) is 6.32. The minimum absolute atomic E-state index is 0.315. The average Bonchev–Trinajstić information content (AvgIpc) is 3.01. The van der Waals surface area contributed by atoms with Gasteiger partial charge in [-0.05, 0) is 31.2 Å². The molecule has 0 amide bonds. The highest BCUT2D eigenvalue weighted by Gasteiger charge is 2.15. The number of imidazole rings is 1. The van der Waals surface area contributed by atoms with Crippen molar-refractivity contribution in [2.24, 2.45) is 0 Å². The predicted octanol–water partition coefficient (Wildman–Crippen LogP) is 4.15. The Morgan fingerprint density at radius 1 is 1.04 bits per heavy atom. The summed E-state index contributed by atoms with van der Waals surface area (Å²) >= 11 is 0. The molecule has 0 unspecified atom stereocenters. The van der Waals surface area contributed by atoms with Crippen molar-refractivity contribution in [2.75, 3.05) is 11.1 Å². The Morgan fingerprint density at radius 2 is 1.81 bits per heavy atom. The van der Waals surface area contributed by atoms with E-state index in [0.717, 1.165) is 17.1 Å². The van der Waals surface area contributed by atoms with Crippen molar-refractivity contribution in [1.82, 2.24) is 19.5 Å². The summed E-state index contributed by atoms with van der Waals surface area (Å²) in [4.78, 5) is 13.4. The summed E-state index contributed by atoms with van der Waals surface area (Å²) in [5, 5.41) is 3.16. The van der Waals surface area contributed by atoms with Gasteiger partial charge < -0.3 is 11.1 Å². The van der Waals surface area contributed by atoms with Gasteiger partial charge in [-0.3, -0.25) is 4.57 Å². The molecular weight excluding hydrogens is 343 g/mol. The number of rotatable bonds is 4. The second-order valence-corrected chi connectivity index (χ2v) is 6.32. The molecular formula is C20H19FN6. The molecule has 0 spiro atoms. The van der Waals surface area contributed by atoms with Crippen LogP contribution in [0.1, 0.15) is 18.3 Å². The van der Waals surface area contributed by atoms with Gasteiger partial charge in [-0.1, -0.05) is 24.6 Å². The van der Waals surface area contributed by atoms with Crippen LogP contribution in [0, 0.1) is 12.7 Å². The molecule has 4 rings (SSSR count). The molecule has 2 aromatic carbocycles. The first kappa shape index (κ1) is 17.0. The summed E-state index contributed by atoms with van der Waals surface area (Å²) in [6.45, 7) is 4.01. The largest absolute Gasteiger partial charge is 0.383 e. The molecule has 6 nitrogen and oxygen atoms in total. The third kappa shape index (κ3) is 3.31. The summed E-state index contributed by atoms with van der Waals surface area (Å²) < 4.78 is 15.6. The van der Waals surface area contributed by atoms with E-state index in [9.17, 15) is 4.39 Å². The van der Waals surface area contributed by atoms with Gasteiger partial charge in [0.2, 0.25) is 5.95 Å². The van der Waals surface area contributed by atoms with Crippen LogP contribution in [0.4, 0.5) is 21.8 Å². The van der Waals surface area contributed by atoms with Crippen molar-refractivity contribution < 1.29 is 4.39 Å². The molecule has 0 atom stereocenters. The summed E-state index contributed by atoms with van der Waals surface area (Å²) in [6, 6.07) is 14.1. The van der Waals surface area contributed by atoms with Gasteiger partial charge in [0.05, 0.1) is 11.0 Å². The Kier molecular flexibility index (Phi) is 4.19. The fourth-order valence-corrected chi connectivity index (χ4v) is 2.98. The van der Waals surface area contributed by atoms with Crippen LogP contribution in [0.2, 0.25) is 0 Å². The van der Waals surface area contributed by atoms with Crippen LogP contribution in [-0.2, 0) is 6.42 Å². The molecule has 0 aliphatic rings. The van der Waals surface area contributed by atoms with Gasteiger partial charge in [0.15, 0.2) is 0 Å². The standard InChI is InChI=1S/C20H19FN6/c1-3-18-24-15-9-6-13(21)10-16(15)27(18)19-11-17(22)25-20(26-19)23-14-7-4-12(2)5-8-14/h4-11H,3H2,1-2H3,(H3,22,23,25,26). The van der Waals surface area contributed by atoms with Crippen LogP contribution >= 0.6 is 0 Å². The molecule has 0 fully saturated rings. The monoisotopic (exact) mass is 362 g/mol. The minimum atomic E-state index is -0.327. The first-order valence-electron chi connectivity index (χ1n) is 8.69. The van der Waals surface area contributed by atoms with Crippen LogP contribution in [-0.4, -0.2) is 19.5 Å². The summed E-state index contributed by atoms with van der Waals surface area (Å²) in [6.07, 6.45) is 0.668. The maximum absolute atomic E-state index is 13.8. The predicted molar refractivity (Wildman–Crippen MR) is 105 cm³/mol. The Hall–Kier alpha value is -3.48. The van der Waals surface area contributed by atoms with Crippen LogP contribution < -0.4 is 11.1 Å². The van der Waals surface area contributed by atoms with Crippen molar-refractivity contribution in [3.63, 3.8) is 0 Å². The second kappa shape index (κ2) is 6.68. The van der Waals surface area contributed by atoms with Gasteiger partial charge in [-0.2, -0.15) is 9.97 Å². The molecule has 27 heavy (non-hydrogen) atoms. The molecule has 0 bridgehead atoms. The smallest absolute Gasteiger partial charge is 0.231 e. The van der Waals surface area contributed by atoms with Crippen molar-refractivity contribution >= 4 is 28.5 Å². The van der Waals surface area contributed by atoms with E-state index in [1.807, 2.05) is 42.7 Å². The number of halogens is 1. The van der Waals surface area contributed by atoms with Crippen molar-refractivity contribution in [3.05, 3.63) is 65.7 Å². The average molecular weight is 362 g/mol. The molecule has 0 saturated heterocycles. The summed E-state index contributed by atoms with van der Waals surface area (Å²) in [5.41, 5.74) is 9.38. The number of nitrogens with one attached hydrogen (secondary N) is 1. The zero-order valence-corrected chi connectivity index (χ0v) is 15.1. The molecule has 2 heterocycles. The molecule has 0 aliphatic carbocycles. The molecule has 4 aromatic rings. The molecule has 7 heteroatoms. The lowest BCUT2D eigenvalue weighted by Gasteiger charge is -2.11. The summed E-state index contributed by atoms with van der Waals surface area (Å²) in [7, 11) is 0. The zero-order valence-electron chi connectivity index (χ0n) is 15.1. The fourth-order valence-electron chi connectivity index (χ4n) is 2.98. The van der Waals surface area contributed by atoms with Crippen molar-refractivity contribution in [3.8, 4) is 5.82 Å². The van der Waals surface area contributed by atoms with E-state index >= 15 is 0 Å². The lowest BCUT2D eigenvalue weighted by Crippen LogP contribution is -2.08. The number of nitrogens with two attached hydrogens (primary N) is 1. The number of benzene rings is 2. The topological polar surface area (TPSA) is 81.7 Å². The van der Waals surface area contributed by atoms with Gasteiger partial charge in [-0.15, -0.1) is 0 Å². The molecule has 136 valence electrons. The van der Waals surface area contributed by atoms with Gasteiger partial charge in [0.1, 0.15) is 23.3 Å². The quantitative estimate of drug-likeness (QED) is 0.570. The third-order valence-electron chi connectivity index (χ3n) is 4.27. The fraction of sp³-hybridized carbons (Fsp3) is 0.150. The Labute approximate surface area is 155 Å². The normalized spacial score (nSPS) is 11.1. The maximum atomic E-state index is 13.8. The van der Waals surface area contributed by atoms with Crippen LogP contribution in [0.25, 0.3) is 16.9 Å². The van der Waals surface area contributed by atoms with Crippen LogP contribution in [0.15, 0.2) is 48.5 Å². The van der Waals surface area contributed by atoms with E-state index in [4.69, 9.17) is 5.73 Å². The van der Waals surface area contributed by atoms with Crippen LogP contribution in [0.5, 0.6) is 0 Å². The van der Waals surface area contributed by atoms with Gasteiger partial charge in [0, 0.05) is 24.2 Å². The number of hydrogen-bond donors (Lipinski definition) is 2. The maximum Gasteiger partial charge on any atom is 0.231 e. The summed E-state index contributed by atoms with van der Waals surface area (Å²) in [5.74, 6) is 1.67. The van der Waals surface area contributed by atoms with E-state index in [1.54, 1.807) is 12.1 Å². The number of aryl methyl sites for hydroxylation is 2. The van der Waals surface area contributed by atoms with Gasteiger partial charge in [-0.25, -0.2) is 9.37 Å². The van der Waals surface area contributed by atoms with E-state index < -0.39 is 0 Å². The number of anilines is 3. The Morgan fingerprint density at radius 3 is 2.56 bits per heavy atom. The molecule has 0 radical (unpaired) electrons. The van der Waals surface area contributed by atoms with Crippen molar-refractivity contribution in [1.29, 1.82) is 0 Å². The van der Waals surface area contributed by atoms with E-state index in [-0.39, 0.29) is 5.82 Å². The van der Waals surface area contributed by atoms with Gasteiger partial charge >= 0.3 is 0 Å². The lowest BCUT2D eigenvalue weighted by molar-refractivity contribution is 0.629. The number of fused-ring (bicyclic) bond motifs is 1. The van der Waals surface area contributed by atoms with Crippen molar-refractivity contribution in [2.45, 2.75) is 20.3 Å². The SMILES string of the molecule is CCc1nc2ccc(F)cc2n1-c1cc(N)nc(Nc2ccc(C)cc2)n1. The first-order valence-corrected chi connectivity index (χ1v) is 8.69. The zero-order chi connectivity index (χ0) is 19.0. The number of nitrogen functional groups attached to an aromatic ring is 1. The Balaban J connectivity index is 1.82. The van der Waals surface area contributed by atoms with Crippen LogP contribution in [0.3, 0.4) is 0 Å². The first-order chi connectivity index (χ1) is 13.0. The molecule has 3 N–H and O–H groups in total. The third-order valence-corrected chi connectivity index (χ3v) is 4.27. The highest BCUT2D eigenvalue weighted by atomic mass is 19.1. The highest BCUT2D eigenvalue weighted by molar-refractivity contribution is 5.78. The highest BCUT2D eigenvalue weighted by Crippen LogP contribution is 2.24. The number of nitrogens with zero attached hydrogens (tertiary/aromatic N) is 4. The Bertz CT molecular complexity index is 1120. The van der Waals surface area contributed by atoms with E-state index in [0.29, 0.717) is 35.0 Å². The van der Waals surface area contributed by atoms with E-state index in [1.165, 1.54) is 12.1 Å². The molecule has 2 aromatic heterocycles. The number of aromatic nitrogens is 4. The van der Waals surface area contributed by atoms with E-state index in [2.05, 4.69) is 20.3 Å².